The van der Waals surface area contributed by atoms with E-state index in [-0.39, 0.29) is 0 Å². The minimum atomic E-state index is 1.01. The van der Waals surface area contributed by atoms with E-state index in [0.717, 1.165) is 6.42 Å². The molecule has 0 aliphatic heterocycles. The molecule has 0 saturated heterocycles. The molecular weight excluding hydrogens is 194 g/mol. The van der Waals surface area contributed by atoms with Gasteiger partial charge in [-0.25, -0.2) is 0 Å². The Bertz CT molecular complexity index is 372. The van der Waals surface area contributed by atoms with E-state index in [0.29, 0.717) is 0 Å². The third-order valence-corrected chi connectivity index (χ3v) is 2.67. The first-order valence-electron chi connectivity index (χ1n) is 5.66. The van der Waals surface area contributed by atoms with E-state index < -0.39 is 0 Å². The summed E-state index contributed by atoms with van der Waals surface area (Å²) in [5.74, 6) is 0. The zero-order chi connectivity index (χ0) is 12.0. The van der Waals surface area contributed by atoms with Gasteiger partial charge in [0.05, 0.1) is 0 Å². The highest BCUT2D eigenvalue weighted by Gasteiger charge is 1.98. The van der Waals surface area contributed by atoms with Gasteiger partial charge < -0.3 is 4.90 Å². The van der Waals surface area contributed by atoms with E-state index in [9.17, 15) is 0 Å². The van der Waals surface area contributed by atoms with Gasteiger partial charge in [0, 0.05) is 14.1 Å². The van der Waals surface area contributed by atoms with Gasteiger partial charge in [-0.1, -0.05) is 42.0 Å². The Morgan fingerprint density at radius 3 is 2.31 bits per heavy atom. The molecule has 0 radical (unpaired) electrons. The van der Waals surface area contributed by atoms with Crippen molar-refractivity contribution < 1.29 is 0 Å². The fourth-order valence-electron chi connectivity index (χ4n) is 1.53. The number of hydrogen-bond acceptors (Lipinski definition) is 1. The van der Waals surface area contributed by atoms with Crippen molar-refractivity contribution in [2.24, 2.45) is 0 Å². The van der Waals surface area contributed by atoms with Gasteiger partial charge in [0.1, 0.15) is 0 Å². The third-order valence-electron chi connectivity index (χ3n) is 2.67. The lowest BCUT2D eigenvalue weighted by molar-refractivity contribution is 0.562. The van der Waals surface area contributed by atoms with E-state index >= 15 is 0 Å². The van der Waals surface area contributed by atoms with Crippen LogP contribution in [0, 0.1) is 0 Å². The average molecular weight is 215 g/mol. The lowest BCUT2D eigenvalue weighted by Gasteiger charge is -2.07. The lowest BCUT2D eigenvalue weighted by atomic mass is 10.0. The van der Waals surface area contributed by atoms with Crippen LogP contribution in [0.1, 0.15) is 25.8 Å². The first-order valence-corrected chi connectivity index (χ1v) is 5.66. The van der Waals surface area contributed by atoms with Crippen molar-refractivity contribution in [2.45, 2.75) is 20.3 Å². The predicted octanol–water partition coefficient (Wildman–Crippen LogP) is 3.95. The molecule has 0 aliphatic carbocycles. The first kappa shape index (κ1) is 12.6. The van der Waals surface area contributed by atoms with Crippen LogP contribution in [0.5, 0.6) is 0 Å². The molecule has 0 spiro atoms. The molecule has 1 heteroatoms. The van der Waals surface area contributed by atoms with Crippen molar-refractivity contribution in [3.05, 3.63) is 53.7 Å². The standard InChI is InChI=1S/C15H21N/c1-13(9-8-12-16(3)4)14(2)15-10-6-5-7-11-15/h5-8,10-12H,9H2,1-4H3/b12-8+,14-13+. The zero-order valence-corrected chi connectivity index (χ0v) is 10.7. The molecule has 1 aromatic rings. The van der Waals surface area contributed by atoms with Crippen LogP contribution >= 0.6 is 0 Å². The van der Waals surface area contributed by atoms with Crippen molar-refractivity contribution in [1.29, 1.82) is 0 Å². The number of nitrogens with zero attached hydrogens (tertiary/aromatic N) is 1. The van der Waals surface area contributed by atoms with Crippen LogP contribution in [0.4, 0.5) is 0 Å². The highest BCUT2D eigenvalue weighted by Crippen LogP contribution is 2.19. The normalized spacial score (nSPS) is 12.8. The lowest BCUT2D eigenvalue weighted by Crippen LogP contribution is -1.99. The Hall–Kier alpha value is -1.50. The molecule has 0 saturated carbocycles. The van der Waals surface area contributed by atoms with Gasteiger partial charge in [-0.3, -0.25) is 0 Å². The highest BCUT2D eigenvalue weighted by atomic mass is 15.0. The Labute approximate surface area is 99.1 Å². The molecular formula is C15H21N. The second-order valence-corrected chi connectivity index (χ2v) is 4.32. The SMILES string of the molecule is C/C(C/C=C/N(C)C)=C(/C)c1ccccc1. The number of rotatable bonds is 4. The number of allylic oxidation sites excluding steroid dienone is 3. The van der Waals surface area contributed by atoms with Gasteiger partial charge in [0.25, 0.3) is 0 Å². The molecule has 0 heterocycles. The first-order chi connectivity index (χ1) is 7.61. The van der Waals surface area contributed by atoms with Gasteiger partial charge in [0.15, 0.2) is 0 Å². The summed E-state index contributed by atoms with van der Waals surface area (Å²) in [7, 11) is 4.08. The summed E-state index contributed by atoms with van der Waals surface area (Å²) in [6.07, 6.45) is 5.31. The van der Waals surface area contributed by atoms with Crippen LogP contribution < -0.4 is 0 Å². The molecule has 0 atom stereocenters. The fourth-order valence-corrected chi connectivity index (χ4v) is 1.53. The maximum Gasteiger partial charge on any atom is 0.00555 e. The van der Waals surface area contributed by atoms with Crippen molar-refractivity contribution in [2.75, 3.05) is 14.1 Å². The molecule has 16 heavy (non-hydrogen) atoms. The van der Waals surface area contributed by atoms with E-state index in [1.54, 1.807) is 0 Å². The van der Waals surface area contributed by atoms with Crippen LogP contribution in [0.25, 0.3) is 5.57 Å². The van der Waals surface area contributed by atoms with E-state index in [1.807, 2.05) is 14.1 Å². The molecule has 0 aromatic heterocycles. The van der Waals surface area contributed by atoms with E-state index in [4.69, 9.17) is 0 Å². The van der Waals surface area contributed by atoms with Crippen LogP contribution in [-0.2, 0) is 0 Å². The molecule has 0 bridgehead atoms. The summed E-state index contributed by atoms with van der Waals surface area (Å²) < 4.78 is 0. The fraction of sp³-hybridized carbons (Fsp3) is 0.333. The van der Waals surface area contributed by atoms with Crippen molar-refractivity contribution in [3.8, 4) is 0 Å². The summed E-state index contributed by atoms with van der Waals surface area (Å²) in [4.78, 5) is 2.06. The predicted molar refractivity (Wildman–Crippen MR) is 72.2 cm³/mol. The maximum absolute atomic E-state index is 2.20. The highest BCUT2D eigenvalue weighted by molar-refractivity contribution is 5.66. The Kier molecular flexibility index (Phi) is 4.84. The van der Waals surface area contributed by atoms with Crippen LogP contribution in [0.2, 0.25) is 0 Å². The zero-order valence-electron chi connectivity index (χ0n) is 10.7. The van der Waals surface area contributed by atoms with Gasteiger partial charge >= 0.3 is 0 Å². The summed E-state index contributed by atoms with van der Waals surface area (Å²) in [6, 6.07) is 10.5. The maximum atomic E-state index is 2.20. The Balaban J connectivity index is 2.73. The average Bonchev–Trinajstić information content (AvgIpc) is 2.28. The van der Waals surface area contributed by atoms with Gasteiger partial charge in [0.2, 0.25) is 0 Å². The second kappa shape index (κ2) is 6.16. The third kappa shape index (κ3) is 3.93. The topological polar surface area (TPSA) is 3.24 Å². The number of benzene rings is 1. The molecule has 1 aromatic carbocycles. The van der Waals surface area contributed by atoms with Crippen LogP contribution in [0.3, 0.4) is 0 Å². The molecule has 1 rings (SSSR count). The quantitative estimate of drug-likeness (QED) is 0.735. The molecule has 0 aliphatic rings. The summed E-state index contributed by atoms with van der Waals surface area (Å²) >= 11 is 0. The van der Waals surface area contributed by atoms with Crippen molar-refractivity contribution in [3.63, 3.8) is 0 Å². The summed E-state index contributed by atoms with van der Waals surface area (Å²) in [6.45, 7) is 4.39. The molecule has 0 N–H and O–H groups in total. The second-order valence-electron chi connectivity index (χ2n) is 4.32. The largest absolute Gasteiger partial charge is 0.384 e. The molecule has 1 nitrogen and oxygen atoms in total. The minimum absolute atomic E-state index is 1.01. The van der Waals surface area contributed by atoms with Gasteiger partial charge in [-0.15, -0.1) is 0 Å². The van der Waals surface area contributed by atoms with Crippen molar-refractivity contribution in [1.82, 2.24) is 4.90 Å². The molecule has 0 fully saturated rings. The summed E-state index contributed by atoms with van der Waals surface area (Å²) in [5.41, 5.74) is 4.12. The molecule has 86 valence electrons. The Morgan fingerprint density at radius 2 is 1.75 bits per heavy atom. The molecule has 0 amide bonds. The van der Waals surface area contributed by atoms with Crippen LogP contribution in [-0.4, -0.2) is 19.0 Å². The smallest absolute Gasteiger partial charge is 0.00555 e. The summed E-state index contributed by atoms with van der Waals surface area (Å²) in [5, 5.41) is 0. The van der Waals surface area contributed by atoms with Crippen LogP contribution in [0.15, 0.2) is 48.2 Å². The van der Waals surface area contributed by atoms with Gasteiger partial charge in [-0.2, -0.15) is 0 Å². The molecule has 0 unspecified atom stereocenters. The van der Waals surface area contributed by atoms with E-state index in [1.165, 1.54) is 16.7 Å². The number of hydrogen-bond donors (Lipinski definition) is 0. The van der Waals surface area contributed by atoms with Gasteiger partial charge in [-0.05, 0) is 37.6 Å². The van der Waals surface area contributed by atoms with Crippen molar-refractivity contribution >= 4 is 5.57 Å². The Morgan fingerprint density at radius 1 is 1.12 bits per heavy atom. The monoisotopic (exact) mass is 215 g/mol. The minimum Gasteiger partial charge on any atom is -0.384 e. The van der Waals surface area contributed by atoms with E-state index in [2.05, 4.69) is 61.4 Å².